The Labute approximate surface area is 140 Å². The van der Waals surface area contributed by atoms with Crippen molar-refractivity contribution >= 4 is 18.0 Å². The zero-order valence-electron chi connectivity index (χ0n) is 15.0. The van der Waals surface area contributed by atoms with Gasteiger partial charge in [-0.3, -0.25) is 4.79 Å². The van der Waals surface area contributed by atoms with Crippen LogP contribution in [0.2, 0.25) is 0 Å². The van der Waals surface area contributed by atoms with E-state index in [1.54, 1.807) is 12.1 Å². The van der Waals surface area contributed by atoms with E-state index in [-0.39, 0.29) is 6.03 Å². The number of nitrogens with one attached hydrogen (secondary N) is 2. The number of carbonyl (C=O) groups is 2. The van der Waals surface area contributed by atoms with Gasteiger partial charge in [0, 0.05) is 18.3 Å². The Morgan fingerprint density at radius 2 is 1.78 bits per heavy atom. The molecule has 0 atom stereocenters. The van der Waals surface area contributed by atoms with Crippen molar-refractivity contribution in [2.75, 3.05) is 12.4 Å². The molecular weight excluding hydrogens is 288 g/mol. The van der Waals surface area contributed by atoms with E-state index in [1.165, 1.54) is 7.05 Å². The van der Waals surface area contributed by atoms with E-state index in [0.717, 1.165) is 24.7 Å². The van der Waals surface area contributed by atoms with E-state index in [9.17, 15) is 9.59 Å². The van der Waals surface area contributed by atoms with E-state index >= 15 is 0 Å². The lowest BCUT2D eigenvalue weighted by Crippen LogP contribution is -2.24. The minimum Gasteiger partial charge on any atom is -0.341 e. The van der Waals surface area contributed by atoms with Crippen LogP contribution in [0.5, 0.6) is 0 Å². The second kappa shape index (κ2) is 16.0. The SMILES string of the molecule is C/C=C\C.C=CCC.CCc1ccc(NC(=O)NC)cc1C=O. The van der Waals surface area contributed by atoms with Crippen molar-refractivity contribution in [2.24, 2.45) is 0 Å². The Hall–Kier alpha value is -2.36. The third-order valence-electron chi connectivity index (χ3n) is 2.76. The molecule has 0 aromatic heterocycles. The number of rotatable bonds is 4. The van der Waals surface area contributed by atoms with Gasteiger partial charge in [0.15, 0.2) is 0 Å². The van der Waals surface area contributed by atoms with E-state index in [0.29, 0.717) is 11.3 Å². The first-order chi connectivity index (χ1) is 11.0. The van der Waals surface area contributed by atoms with Crippen molar-refractivity contribution in [1.82, 2.24) is 5.32 Å². The lowest BCUT2D eigenvalue weighted by Gasteiger charge is -2.07. The van der Waals surface area contributed by atoms with Gasteiger partial charge in [0.05, 0.1) is 0 Å². The van der Waals surface area contributed by atoms with Crippen molar-refractivity contribution in [3.05, 3.63) is 54.1 Å². The maximum atomic E-state index is 11.0. The average Bonchev–Trinajstić information content (AvgIpc) is 2.61. The summed E-state index contributed by atoms with van der Waals surface area (Å²) in [5, 5.41) is 5.05. The minimum atomic E-state index is -0.295. The third-order valence-corrected chi connectivity index (χ3v) is 2.76. The van der Waals surface area contributed by atoms with Crippen LogP contribution in [0.15, 0.2) is 43.0 Å². The van der Waals surface area contributed by atoms with Gasteiger partial charge in [-0.15, -0.1) is 6.58 Å². The number of urea groups is 1. The Morgan fingerprint density at radius 3 is 2.13 bits per heavy atom. The van der Waals surface area contributed by atoms with Crippen LogP contribution >= 0.6 is 0 Å². The van der Waals surface area contributed by atoms with Crippen molar-refractivity contribution in [1.29, 1.82) is 0 Å². The summed E-state index contributed by atoms with van der Waals surface area (Å²) in [6, 6.07) is 4.99. The topological polar surface area (TPSA) is 58.2 Å². The molecule has 0 radical (unpaired) electrons. The minimum absolute atomic E-state index is 0.295. The van der Waals surface area contributed by atoms with Crippen molar-refractivity contribution < 1.29 is 9.59 Å². The maximum absolute atomic E-state index is 11.0. The highest BCUT2D eigenvalue weighted by molar-refractivity contribution is 5.90. The van der Waals surface area contributed by atoms with E-state index in [4.69, 9.17) is 0 Å². The van der Waals surface area contributed by atoms with Gasteiger partial charge in [0.2, 0.25) is 0 Å². The molecule has 2 N–H and O–H groups in total. The summed E-state index contributed by atoms with van der Waals surface area (Å²) >= 11 is 0. The van der Waals surface area contributed by atoms with Crippen LogP contribution in [0.3, 0.4) is 0 Å². The van der Waals surface area contributed by atoms with Gasteiger partial charge in [0.25, 0.3) is 0 Å². The number of hydrogen-bond acceptors (Lipinski definition) is 2. The molecule has 4 heteroatoms. The molecule has 4 nitrogen and oxygen atoms in total. The number of allylic oxidation sites excluding steroid dienone is 3. The molecule has 0 fully saturated rings. The van der Waals surface area contributed by atoms with Gasteiger partial charge in [-0.2, -0.15) is 0 Å². The van der Waals surface area contributed by atoms with Crippen molar-refractivity contribution in [3.63, 3.8) is 0 Å². The van der Waals surface area contributed by atoms with Crippen LogP contribution < -0.4 is 10.6 Å². The highest BCUT2D eigenvalue weighted by Gasteiger charge is 2.03. The summed E-state index contributed by atoms with van der Waals surface area (Å²) < 4.78 is 0. The van der Waals surface area contributed by atoms with Crippen LogP contribution in [0.4, 0.5) is 10.5 Å². The summed E-state index contributed by atoms with van der Waals surface area (Å²) in [5.74, 6) is 0. The fraction of sp³-hybridized carbons (Fsp3) is 0.368. The number of carbonyl (C=O) groups excluding carboxylic acids is 2. The monoisotopic (exact) mass is 318 g/mol. The second-order valence-electron chi connectivity index (χ2n) is 4.45. The standard InChI is InChI=1S/C11H14N2O2.2C4H8/c1-3-8-4-5-10(6-9(8)7-14)13-11(15)12-2;2*1-3-4-2/h4-7H,3H2,1-2H3,(H2,12,13,15);3-4H,1-2H3;3H,1,4H2,2H3/b;4-3-;. The lowest BCUT2D eigenvalue weighted by molar-refractivity contribution is 0.112. The number of aryl methyl sites for hydroxylation is 1. The molecule has 0 bridgehead atoms. The Morgan fingerprint density at radius 1 is 1.22 bits per heavy atom. The number of amides is 2. The summed E-state index contributed by atoms with van der Waals surface area (Å²) in [6.07, 6.45) is 8.56. The van der Waals surface area contributed by atoms with Crippen molar-refractivity contribution in [3.8, 4) is 0 Å². The first kappa shape index (κ1) is 22.9. The number of hydrogen-bond donors (Lipinski definition) is 2. The second-order valence-corrected chi connectivity index (χ2v) is 4.45. The molecule has 0 saturated heterocycles. The number of aldehydes is 1. The number of anilines is 1. The lowest BCUT2D eigenvalue weighted by atomic mass is 10.1. The van der Waals surface area contributed by atoms with Gasteiger partial charge in [0.1, 0.15) is 6.29 Å². The molecule has 1 aromatic rings. The summed E-state index contributed by atoms with van der Waals surface area (Å²) in [6.45, 7) is 11.5. The van der Waals surface area contributed by atoms with Gasteiger partial charge < -0.3 is 10.6 Å². The molecular formula is C19H30N2O2. The van der Waals surface area contributed by atoms with Crippen LogP contribution in [-0.2, 0) is 6.42 Å². The van der Waals surface area contributed by atoms with Crippen LogP contribution in [0.1, 0.15) is 50.0 Å². The molecule has 1 aromatic carbocycles. The summed E-state index contributed by atoms with van der Waals surface area (Å²) in [7, 11) is 1.54. The summed E-state index contributed by atoms with van der Waals surface area (Å²) in [5.41, 5.74) is 2.22. The number of benzene rings is 1. The maximum Gasteiger partial charge on any atom is 0.318 e. The normalized spacial score (nSPS) is 8.91. The highest BCUT2D eigenvalue weighted by atomic mass is 16.2. The fourth-order valence-corrected chi connectivity index (χ4v) is 1.30. The fourth-order valence-electron chi connectivity index (χ4n) is 1.30. The molecule has 2 amide bonds. The van der Waals surface area contributed by atoms with Crippen LogP contribution in [0, 0.1) is 0 Å². The Balaban J connectivity index is 0. The molecule has 23 heavy (non-hydrogen) atoms. The molecule has 0 aliphatic heterocycles. The Bertz CT molecular complexity index is 490. The third kappa shape index (κ3) is 11.9. The molecule has 0 heterocycles. The van der Waals surface area contributed by atoms with E-state index in [1.807, 2.05) is 45.1 Å². The smallest absolute Gasteiger partial charge is 0.318 e. The zero-order valence-corrected chi connectivity index (χ0v) is 15.0. The van der Waals surface area contributed by atoms with E-state index in [2.05, 4.69) is 24.1 Å². The Kier molecular flexibility index (Phi) is 16.0. The first-order valence-corrected chi connectivity index (χ1v) is 7.79. The van der Waals surface area contributed by atoms with Gasteiger partial charge in [-0.25, -0.2) is 4.79 Å². The quantitative estimate of drug-likeness (QED) is 0.608. The molecule has 0 aliphatic carbocycles. The predicted molar refractivity (Wildman–Crippen MR) is 100 cm³/mol. The molecule has 0 spiro atoms. The van der Waals surface area contributed by atoms with Gasteiger partial charge in [-0.05, 0) is 44.4 Å². The zero-order chi connectivity index (χ0) is 18.1. The predicted octanol–water partition coefficient (Wildman–Crippen LogP) is 4.98. The molecule has 128 valence electrons. The highest BCUT2D eigenvalue weighted by Crippen LogP contribution is 2.14. The average molecular weight is 318 g/mol. The first-order valence-electron chi connectivity index (χ1n) is 7.79. The van der Waals surface area contributed by atoms with Crippen LogP contribution in [-0.4, -0.2) is 19.4 Å². The van der Waals surface area contributed by atoms with Gasteiger partial charge >= 0.3 is 6.03 Å². The molecule has 1 rings (SSSR count). The van der Waals surface area contributed by atoms with E-state index < -0.39 is 0 Å². The van der Waals surface area contributed by atoms with Gasteiger partial charge in [-0.1, -0.05) is 38.1 Å². The molecule has 0 saturated carbocycles. The summed E-state index contributed by atoms with van der Waals surface area (Å²) in [4.78, 5) is 21.8. The molecule has 0 aliphatic rings. The largest absolute Gasteiger partial charge is 0.341 e. The van der Waals surface area contributed by atoms with Crippen molar-refractivity contribution in [2.45, 2.75) is 40.5 Å². The van der Waals surface area contributed by atoms with Crippen LogP contribution in [0.25, 0.3) is 0 Å². The molecule has 0 unspecified atom stereocenters.